The van der Waals surface area contributed by atoms with Gasteiger partial charge in [0, 0.05) is 19.6 Å². The van der Waals surface area contributed by atoms with Crippen molar-refractivity contribution in [1.29, 1.82) is 0 Å². The molecule has 0 bridgehead atoms. The molecule has 0 aliphatic carbocycles. The Labute approximate surface area is 194 Å². The summed E-state index contributed by atoms with van der Waals surface area (Å²) < 4.78 is 12.8. The summed E-state index contributed by atoms with van der Waals surface area (Å²) in [5, 5.41) is 6.69. The predicted molar refractivity (Wildman–Crippen MR) is 132 cm³/mol. The molecule has 1 heterocycles. The van der Waals surface area contributed by atoms with E-state index in [0.29, 0.717) is 12.3 Å². The summed E-state index contributed by atoms with van der Waals surface area (Å²) >= 11 is 0. The number of halogens is 1. The van der Waals surface area contributed by atoms with Crippen LogP contribution in [-0.2, 0) is 13.1 Å². The highest BCUT2D eigenvalue weighted by Crippen LogP contribution is 2.27. The van der Waals surface area contributed by atoms with Crippen molar-refractivity contribution >= 4 is 41.0 Å². The van der Waals surface area contributed by atoms with Crippen molar-refractivity contribution in [1.82, 2.24) is 20.2 Å². The van der Waals surface area contributed by atoms with Crippen LogP contribution in [0.5, 0.6) is 11.5 Å². The van der Waals surface area contributed by atoms with E-state index in [4.69, 9.17) is 9.47 Å². The van der Waals surface area contributed by atoms with Gasteiger partial charge in [-0.05, 0) is 43.2 Å². The van der Waals surface area contributed by atoms with E-state index >= 15 is 0 Å². The van der Waals surface area contributed by atoms with Gasteiger partial charge in [-0.3, -0.25) is 0 Å². The number of aryl methyl sites for hydroxylation is 1. The van der Waals surface area contributed by atoms with Gasteiger partial charge in [-0.15, -0.1) is 24.0 Å². The minimum Gasteiger partial charge on any atom is -0.493 e. The van der Waals surface area contributed by atoms with Crippen LogP contribution < -0.4 is 20.1 Å². The Morgan fingerprint density at radius 2 is 1.87 bits per heavy atom. The number of ether oxygens (including phenoxy) is 2. The van der Waals surface area contributed by atoms with E-state index in [1.54, 1.807) is 14.2 Å². The van der Waals surface area contributed by atoms with Crippen LogP contribution in [0.25, 0.3) is 11.0 Å². The predicted octanol–water partition coefficient (Wildman–Crippen LogP) is 3.82. The average molecular weight is 523 g/mol. The van der Waals surface area contributed by atoms with Gasteiger partial charge in [-0.25, -0.2) is 9.98 Å². The highest BCUT2D eigenvalue weighted by molar-refractivity contribution is 14.0. The van der Waals surface area contributed by atoms with Gasteiger partial charge < -0.3 is 24.7 Å². The summed E-state index contributed by atoms with van der Waals surface area (Å²) in [6.07, 6.45) is 2.88. The second-order valence-corrected chi connectivity index (χ2v) is 6.59. The maximum atomic E-state index is 5.36. The topological polar surface area (TPSA) is 72.7 Å². The monoisotopic (exact) mass is 523 g/mol. The summed E-state index contributed by atoms with van der Waals surface area (Å²) in [5.41, 5.74) is 3.26. The number of imidazole rings is 1. The number of hydrogen-bond donors (Lipinski definition) is 2. The van der Waals surface area contributed by atoms with Crippen molar-refractivity contribution in [2.45, 2.75) is 26.4 Å². The molecule has 3 aromatic rings. The number of aromatic nitrogens is 2. The standard InChI is InChI=1S/C22H29N5O2.HI/c1-4-23-22(25-15-17-10-11-20(28-2)21(14-17)29-3)24-12-7-13-27-16-26-18-8-5-6-9-19(18)27;/h5-6,8-11,14,16H,4,7,12-13,15H2,1-3H3,(H2,23,24,25);1H. The molecule has 0 fully saturated rings. The van der Waals surface area contributed by atoms with Crippen LogP contribution in [-0.4, -0.2) is 42.8 Å². The number of guanidine groups is 1. The molecule has 8 heteroatoms. The molecule has 0 aliphatic rings. The molecule has 0 atom stereocenters. The minimum absolute atomic E-state index is 0. The van der Waals surface area contributed by atoms with Crippen LogP contribution in [0.2, 0.25) is 0 Å². The quantitative estimate of drug-likeness (QED) is 0.193. The molecule has 2 N–H and O–H groups in total. The van der Waals surface area contributed by atoms with Gasteiger partial charge in [0.05, 0.1) is 38.1 Å². The highest BCUT2D eigenvalue weighted by Gasteiger charge is 2.05. The fourth-order valence-electron chi connectivity index (χ4n) is 3.14. The second-order valence-electron chi connectivity index (χ2n) is 6.59. The third-order valence-electron chi connectivity index (χ3n) is 4.61. The van der Waals surface area contributed by atoms with E-state index < -0.39 is 0 Å². The first-order valence-electron chi connectivity index (χ1n) is 9.88. The van der Waals surface area contributed by atoms with Crippen molar-refractivity contribution in [2.75, 3.05) is 27.3 Å². The first kappa shape index (κ1) is 23.8. The number of fused-ring (bicyclic) bond motifs is 1. The number of nitrogens with zero attached hydrogens (tertiary/aromatic N) is 3. The van der Waals surface area contributed by atoms with E-state index in [2.05, 4.69) is 38.2 Å². The van der Waals surface area contributed by atoms with Gasteiger partial charge in [0.25, 0.3) is 0 Å². The van der Waals surface area contributed by atoms with Crippen LogP contribution in [0.4, 0.5) is 0 Å². The minimum atomic E-state index is 0. The third kappa shape index (κ3) is 6.25. The zero-order chi connectivity index (χ0) is 20.5. The Kier molecular flexibility index (Phi) is 9.72. The number of benzene rings is 2. The van der Waals surface area contributed by atoms with Crippen molar-refractivity contribution in [3.63, 3.8) is 0 Å². The molecule has 30 heavy (non-hydrogen) atoms. The first-order valence-corrected chi connectivity index (χ1v) is 9.88. The van der Waals surface area contributed by atoms with E-state index in [1.807, 2.05) is 42.7 Å². The van der Waals surface area contributed by atoms with E-state index in [1.165, 1.54) is 5.52 Å². The molecule has 0 radical (unpaired) electrons. The van der Waals surface area contributed by atoms with Gasteiger partial charge >= 0.3 is 0 Å². The number of methoxy groups -OCH3 is 2. The van der Waals surface area contributed by atoms with Gasteiger partial charge in [0.15, 0.2) is 17.5 Å². The van der Waals surface area contributed by atoms with Crippen molar-refractivity contribution in [3.05, 3.63) is 54.4 Å². The van der Waals surface area contributed by atoms with Crippen molar-refractivity contribution in [3.8, 4) is 11.5 Å². The average Bonchev–Trinajstić information content (AvgIpc) is 3.17. The molecule has 3 rings (SSSR count). The molecule has 7 nitrogen and oxygen atoms in total. The number of hydrogen-bond acceptors (Lipinski definition) is 4. The Balaban J connectivity index is 0.00000320. The largest absolute Gasteiger partial charge is 0.493 e. The molecule has 0 saturated heterocycles. The zero-order valence-electron chi connectivity index (χ0n) is 17.7. The van der Waals surface area contributed by atoms with Gasteiger partial charge in [-0.1, -0.05) is 18.2 Å². The SMILES string of the molecule is CCNC(=NCc1ccc(OC)c(OC)c1)NCCCn1cnc2ccccc21.I. The third-order valence-corrected chi connectivity index (χ3v) is 4.61. The summed E-state index contributed by atoms with van der Waals surface area (Å²) in [4.78, 5) is 9.12. The summed E-state index contributed by atoms with van der Waals surface area (Å²) in [6, 6.07) is 14.0. The molecule has 0 saturated carbocycles. The maximum absolute atomic E-state index is 5.36. The maximum Gasteiger partial charge on any atom is 0.191 e. The number of nitrogens with one attached hydrogen (secondary N) is 2. The lowest BCUT2D eigenvalue weighted by Crippen LogP contribution is -2.38. The van der Waals surface area contributed by atoms with E-state index in [-0.39, 0.29) is 24.0 Å². The van der Waals surface area contributed by atoms with Crippen LogP contribution in [0.3, 0.4) is 0 Å². The highest BCUT2D eigenvalue weighted by atomic mass is 127. The number of aliphatic imine (C=N–C) groups is 1. The Morgan fingerprint density at radius 3 is 2.63 bits per heavy atom. The second kappa shape index (κ2) is 12.3. The molecule has 162 valence electrons. The first-order chi connectivity index (χ1) is 14.2. The van der Waals surface area contributed by atoms with Crippen molar-refractivity contribution in [2.24, 2.45) is 4.99 Å². The Morgan fingerprint density at radius 1 is 1.07 bits per heavy atom. The lowest BCUT2D eigenvalue weighted by atomic mass is 10.2. The normalized spacial score (nSPS) is 11.1. The van der Waals surface area contributed by atoms with Gasteiger partial charge in [0.1, 0.15) is 0 Å². The van der Waals surface area contributed by atoms with Crippen LogP contribution in [0.15, 0.2) is 53.8 Å². The van der Waals surface area contributed by atoms with E-state index in [9.17, 15) is 0 Å². The van der Waals surface area contributed by atoms with Crippen molar-refractivity contribution < 1.29 is 9.47 Å². The molecular formula is C22H30IN5O2. The van der Waals surface area contributed by atoms with Gasteiger partial charge in [-0.2, -0.15) is 0 Å². The van der Waals surface area contributed by atoms with Crippen LogP contribution in [0.1, 0.15) is 18.9 Å². The molecule has 2 aromatic carbocycles. The molecule has 0 spiro atoms. The molecule has 1 aromatic heterocycles. The fourth-order valence-corrected chi connectivity index (χ4v) is 3.14. The van der Waals surface area contributed by atoms with Crippen LogP contribution >= 0.6 is 24.0 Å². The lowest BCUT2D eigenvalue weighted by Gasteiger charge is -2.12. The number of rotatable bonds is 9. The van der Waals surface area contributed by atoms with E-state index in [0.717, 1.165) is 48.8 Å². The zero-order valence-corrected chi connectivity index (χ0v) is 20.1. The molecule has 0 amide bonds. The Bertz CT molecular complexity index is 958. The van der Waals surface area contributed by atoms with Crippen LogP contribution in [0, 0.1) is 0 Å². The number of para-hydroxylation sites is 2. The molecule has 0 unspecified atom stereocenters. The summed E-state index contributed by atoms with van der Waals surface area (Å²) in [6.45, 7) is 5.16. The molecular weight excluding hydrogens is 493 g/mol. The summed E-state index contributed by atoms with van der Waals surface area (Å²) in [5.74, 6) is 2.24. The lowest BCUT2D eigenvalue weighted by molar-refractivity contribution is 0.354. The smallest absolute Gasteiger partial charge is 0.191 e. The van der Waals surface area contributed by atoms with Gasteiger partial charge in [0.2, 0.25) is 0 Å². The molecule has 0 aliphatic heterocycles. The Hall–Kier alpha value is -2.49. The fraction of sp³-hybridized carbons (Fsp3) is 0.364. The summed E-state index contributed by atoms with van der Waals surface area (Å²) in [7, 11) is 3.27.